The van der Waals surface area contributed by atoms with Gasteiger partial charge in [0, 0.05) is 22.8 Å². The Labute approximate surface area is 158 Å². The smallest absolute Gasteiger partial charge is 0.267 e. The molecule has 25 heavy (non-hydrogen) atoms. The molecular weight excluding hydrogens is 431 g/mol. The van der Waals surface area contributed by atoms with Crippen molar-refractivity contribution in [3.63, 3.8) is 0 Å². The van der Waals surface area contributed by atoms with E-state index in [-0.39, 0.29) is 11.3 Å². The van der Waals surface area contributed by atoms with E-state index < -0.39 is 11.5 Å². The van der Waals surface area contributed by atoms with Gasteiger partial charge in [-0.25, -0.2) is 0 Å². The van der Waals surface area contributed by atoms with Crippen LogP contribution in [0.3, 0.4) is 0 Å². The van der Waals surface area contributed by atoms with Gasteiger partial charge in [0.1, 0.15) is 11.3 Å². The Kier molecular flexibility index (Phi) is 4.80. The highest BCUT2D eigenvalue weighted by molar-refractivity contribution is 14.1. The highest BCUT2D eigenvalue weighted by Gasteiger charge is 2.26. The Hall–Kier alpha value is -2.35. The number of carbonyl (C=O) groups is 1. The normalized spacial score (nSPS) is 10.8. The van der Waals surface area contributed by atoms with Gasteiger partial charge in [-0.1, -0.05) is 24.3 Å². The lowest BCUT2D eigenvalue weighted by Gasteiger charge is -2.22. The molecule has 3 rings (SSSR count). The van der Waals surface area contributed by atoms with Crippen LogP contribution >= 0.6 is 22.6 Å². The van der Waals surface area contributed by atoms with Gasteiger partial charge in [-0.15, -0.1) is 0 Å². The van der Waals surface area contributed by atoms with E-state index in [4.69, 9.17) is 0 Å². The van der Waals surface area contributed by atoms with Crippen molar-refractivity contribution in [3.05, 3.63) is 68.0 Å². The van der Waals surface area contributed by atoms with Crippen LogP contribution in [-0.2, 0) is 7.05 Å². The van der Waals surface area contributed by atoms with Gasteiger partial charge in [-0.2, -0.15) is 0 Å². The van der Waals surface area contributed by atoms with Crippen molar-refractivity contribution in [1.29, 1.82) is 0 Å². The average Bonchev–Trinajstić information content (AvgIpc) is 2.61. The van der Waals surface area contributed by atoms with E-state index in [1.165, 1.54) is 9.47 Å². The first-order valence-electron chi connectivity index (χ1n) is 7.84. The Morgan fingerprint density at radius 2 is 1.84 bits per heavy atom. The number of nitrogens with zero attached hydrogens (tertiary/aromatic N) is 2. The van der Waals surface area contributed by atoms with Crippen LogP contribution in [0.4, 0.5) is 5.69 Å². The Morgan fingerprint density at radius 3 is 2.48 bits per heavy atom. The number of carbonyl (C=O) groups excluding carboxylic acids is 1. The number of halogens is 1. The van der Waals surface area contributed by atoms with Crippen LogP contribution in [0.15, 0.2) is 53.3 Å². The standard InChI is InChI=1S/C19H17IN2O3/c1-3-22(12-8-5-4-6-9-12)19(25)16-17(23)15-13(20)10-7-11-14(15)21(2)18(16)24/h4-11,23H,3H2,1-2H3. The van der Waals surface area contributed by atoms with Crippen molar-refractivity contribution >= 4 is 45.1 Å². The topological polar surface area (TPSA) is 62.5 Å². The van der Waals surface area contributed by atoms with Crippen molar-refractivity contribution in [1.82, 2.24) is 4.57 Å². The molecule has 5 nitrogen and oxygen atoms in total. The fourth-order valence-corrected chi connectivity index (χ4v) is 3.65. The van der Waals surface area contributed by atoms with Gasteiger partial charge in [-0.3, -0.25) is 9.59 Å². The van der Waals surface area contributed by atoms with Crippen LogP contribution < -0.4 is 10.5 Å². The number of aryl methyl sites for hydroxylation is 1. The summed E-state index contributed by atoms with van der Waals surface area (Å²) in [6.07, 6.45) is 0. The number of aromatic hydroxyl groups is 1. The molecule has 0 fully saturated rings. The third-order valence-electron chi connectivity index (χ3n) is 4.19. The van der Waals surface area contributed by atoms with E-state index in [1.54, 1.807) is 25.2 Å². The summed E-state index contributed by atoms with van der Waals surface area (Å²) in [7, 11) is 1.61. The zero-order valence-corrected chi connectivity index (χ0v) is 16.0. The van der Waals surface area contributed by atoms with E-state index in [2.05, 4.69) is 22.6 Å². The summed E-state index contributed by atoms with van der Waals surface area (Å²) in [5, 5.41) is 11.2. The second-order valence-corrected chi connectivity index (χ2v) is 6.77. The lowest BCUT2D eigenvalue weighted by atomic mass is 10.1. The Morgan fingerprint density at radius 1 is 1.16 bits per heavy atom. The van der Waals surface area contributed by atoms with Crippen molar-refractivity contribution in [3.8, 4) is 5.75 Å². The van der Waals surface area contributed by atoms with E-state index in [9.17, 15) is 14.7 Å². The molecule has 0 spiro atoms. The molecule has 0 saturated heterocycles. The highest BCUT2D eigenvalue weighted by Crippen LogP contribution is 2.31. The van der Waals surface area contributed by atoms with Crippen LogP contribution in [0.5, 0.6) is 5.75 Å². The van der Waals surface area contributed by atoms with Gasteiger partial charge in [0.15, 0.2) is 0 Å². The van der Waals surface area contributed by atoms with E-state index in [1.807, 2.05) is 37.3 Å². The molecule has 0 unspecified atom stereocenters. The molecule has 3 aromatic rings. The van der Waals surface area contributed by atoms with E-state index in [0.717, 1.165) is 3.57 Å². The van der Waals surface area contributed by atoms with Crippen molar-refractivity contribution in [2.45, 2.75) is 6.92 Å². The molecule has 1 N–H and O–H groups in total. The van der Waals surface area contributed by atoms with Crippen LogP contribution in [-0.4, -0.2) is 22.1 Å². The zero-order chi connectivity index (χ0) is 18.1. The molecule has 0 aliphatic heterocycles. The molecule has 6 heteroatoms. The predicted octanol–water partition coefficient (Wildman–Crippen LogP) is 3.52. The molecule has 0 saturated carbocycles. The van der Waals surface area contributed by atoms with Gasteiger partial charge in [0.2, 0.25) is 0 Å². The number of rotatable bonds is 3. The number of hydrogen-bond acceptors (Lipinski definition) is 3. The number of fused-ring (bicyclic) bond motifs is 1. The SMILES string of the molecule is CCN(C(=O)c1c(O)c2c(I)cccc2n(C)c1=O)c1ccccc1. The maximum atomic E-state index is 13.1. The molecule has 1 heterocycles. The second kappa shape index (κ2) is 6.87. The largest absolute Gasteiger partial charge is 0.506 e. The number of anilines is 1. The minimum Gasteiger partial charge on any atom is -0.506 e. The average molecular weight is 448 g/mol. The first kappa shape index (κ1) is 17.5. The number of hydrogen-bond donors (Lipinski definition) is 1. The molecule has 2 aromatic carbocycles. The minimum absolute atomic E-state index is 0.204. The zero-order valence-electron chi connectivity index (χ0n) is 13.9. The molecule has 0 aliphatic carbocycles. The van der Waals surface area contributed by atoms with E-state index >= 15 is 0 Å². The first-order chi connectivity index (χ1) is 12.0. The fourth-order valence-electron chi connectivity index (χ4n) is 2.91. The van der Waals surface area contributed by atoms with Gasteiger partial charge in [-0.05, 0) is 53.8 Å². The number of benzene rings is 2. The minimum atomic E-state index is -0.508. The third-order valence-corrected chi connectivity index (χ3v) is 5.09. The van der Waals surface area contributed by atoms with Crippen LogP contribution in [0.1, 0.15) is 17.3 Å². The quantitative estimate of drug-likeness (QED) is 0.624. The maximum Gasteiger partial charge on any atom is 0.267 e. The summed E-state index contributed by atoms with van der Waals surface area (Å²) in [6.45, 7) is 2.21. The number of amides is 1. The Bertz CT molecular complexity index is 1010. The first-order valence-corrected chi connectivity index (χ1v) is 8.92. The Balaban J connectivity index is 2.27. The molecule has 1 aromatic heterocycles. The highest BCUT2D eigenvalue weighted by atomic mass is 127. The molecule has 1 amide bonds. The summed E-state index contributed by atoms with van der Waals surface area (Å²) >= 11 is 2.09. The monoisotopic (exact) mass is 448 g/mol. The second-order valence-electron chi connectivity index (χ2n) is 5.61. The predicted molar refractivity (Wildman–Crippen MR) is 107 cm³/mol. The summed E-state index contributed by atoms with van der Waals surface area (Å²) in [5.41, 5.74) is 0.559. The molecule has 0 bridgehead atoms. The van der Waals surface area contributed by atoms with Crippen LogP contribution in [0, 0.1) is 3.57 Å². The maximum absolute atomic E-state index is 13.1. The molecule has 0 radical (unpaired) electrons. The summed E-state index contributed by atoms with van der Waals surface area (Å²) in [6, 6.07) is 14.5. The molecule has 0 atom stereocenters. The molecule has 0 aliphatic rings. The third kappa shape index (κ3) is 2.90. The van der Waals surface area contributed by atoms with Gasteiger partial charge >= 0.3 is 0 Å². The number of para-hydroxylation sites is 1. The van der Waals surface area contributed by atoms with Gasteiger partial charge in [0.25, 0.3) is 11.5 Å². The lowest BCUT2D eigenvalue weighted by Crippen LogP contribution is -2.36. The summed E-state index contributed by atoms with van der Waals surface area (Å²) < 4.78 is 2.18. The van der Waals surface area contributed by atoms with Crippen LogP contribution in [0.25, 0.3) is 10.9 Å². The van der Waals surface area contributed by atoms with Gasteiger partial charge < -0.3 is 14.6 Å². The van der Waals surface area contributed by atoms with Crippen molar-refractivity contribution in [2.24, 2.45) is 7.05 Å². The number of pyridine rings is 1. The number of aromatic nitrogens is 1. The van der Waals surface area contributed by atoms with E-state index in [0.29, 0.717) is 23.1 Å². The van der Waals surface area contributed by atoms with Crippen molar-refractivity contribution < 1.29 is 9.90 Å². The fraction of sp³-hybridized carbons (Fsp3) is 0.158. The lowest BCUT2D eigenvalue weighted by molar-refractivity contribution is 0.0984. The molecule has 128 valence electrons. The molecular formula is C19H17IN2O3. The van der Waals surface area contributed by atoms with Crippen molar-refractivity contribution in [2.75, 3.05) is 11.4 Å². The van der Waals surface area contributed by atoms with Crippen LogP contribution in [0.2, 0.25) is 0 Å². The summed E-state index contributed by atoms with van der Waals surface area (Å²) in [5.74, 6) is -0.768. The van der Waals surface area contributed by atoms with Gasteiger partial charge in [0.05, 0.1) is 10.9 Å². The summed E-state index contributed by atoms with van der Waals surface area (Å²) in [4.78, 5) is 27.3.